The third kappa shape index (κ3) is 6.21. The number of hydrogen-bond acceptors (Lipinski definition) is 5. The highest BCUT2D eigenvalue weighted by molar-refractivity contribution is 7.53. The van der Waals surface area contributed by atoms with Gasteiger partial charge in [-0.05, 0) is 104 Å². The molecule has 2 fully saturated rings. The van der Waals surface area contributed by atoms with Crippen LogP contribution in [0.15, 0.2) is 42.5 Å². The van der Waals surface area contributed by atoms with Crippen LogP contribution in [0.4, 0.5) is 4.39 Å². The molecular formula is C27H36FO5P. The molecule has 0 bridgehead atoms. The molecule has 186 valence electrons. The lowest BCUT2D eigenvalue weighted by Crippen LogP contribution is -2.20. The average Bonchev–Trinajstić information content (AvgIpc) is 3.72. The summed E-state index contributed by atoms with van der Waals surface area (Å²) in [6, 6.07) is 13.2. The Morgan fingerprint density at radius 1 is 0.941 bits per heavy atom. The molecule has 0 spiro atoms. The molecule has 5 nitrogen and oxygen atoms in total. The summed E-state index contributed by atoms with van der Waals surface area (Å²) in [5.74, 6) is 2.74. The molecule has 0 amide bonds. The number of hydrogen-bond donors (Lipinski definition) is 0. The lowest BCUT2D eigenvalue weighted by Gasteiger charge is -2.29. The molecule has 0 radical (unpaired) electrons. The molecule has 2 aromatic carbocycles. The lowest BCUT2D eigenvalue weighted by atomic mass is 9.79. The van der Waals surface area contributed by atoms with E-state index in [1.807, 2.05) is 18.2 Å². The van der Waals surface area contributed by atoms with Crippen molar-refractivity contribution in [3.63, 3.8) is 0 Å². The summed E-state index contributed by atoms with van der Waals surface area (Å²) in [5.41, 5.74) is 1.90. The number of rotatable bonds is 11. The molecule has 2 aromatic rings. The van der Waals surface area contributed by atoms with Crippen molar-refractivity contribution < 1.29 is 27.5 Å². The molecule has 34 heavy (non-hydrogen) atoms. The highest BCUT2D eigenvalue weighted by atomic mass is 31.2. The van der Waals surface area contributed by atoms with Crippen LogP contribution < -0.4 is 9.47 Å². The van der Waals surface area contributed by atoms with Gasteiger partial charge in [-0.15, -0.1) is 0 Å². The molecule has 7 heteroatoms. The van der Waals surface area contributed by atoms with Crippen molar-refractivity contribution in [2.45, 2.75) is 50.4 Å². The predicted molar refractivity (Wildman–Crippen MR) is 132 cm³/mol. The van der Waals surface area contributed by atoms with Crippen LogP contribution in [-0.2, 0) is 13.6 Å². The van der Waals surface area contributed by atoms with Crippen LogP contribution in [0.3, 0.4) is 0 Å². The summed E-state index contributed by atoms with van der Waals surface area (Å²) in [5, 5.41) is 0. The van der Waals surface area contributed by atoms with Gasteiger partial charge < -0.3 is 18.5 Å². The van der Waals surface area contributed by atoms with Crippen molar-refractivity contribution in [3.8, 4) is 11.5 Å². The molecule has 1 unspecified atom stereocenters. The Hall–Kier alpha value is -1.88. The Labute approximate surface area is 202 Å². The average molecular weight is 491 g/mol. The maximum atomic E-state index is 14.4. The predicted octanol–water partition coefficient (Wildman–Crippen LogP) is 7.17. The number of methoxy groups -OCH3 is 1. The van der Waals surface area contributed by atoms with Crippen LogP contribution >= 0.6 is 7.60 Å². The Kier molecular flexibility index (Phi) is 8.34. The summed E-state index contributed by atoms with van der Waals surface area (Å²) >= 11 is 0. The third-order valence-corrected chi connectivity index (χ3v) is 9.38. The molecule has 4 rings (SSSR count). The third-order valence-electron chi connectivity index (χ3n) is 7.43. The molecule has 2 aliphatic carbocycles. The first-order valence-electron chi connectivity index (χ1n) is 12.2. The van der Waals surface area contributed by atoms with Gasteiger partial charge >= 0.3 is 7.60 Å². The zero-order valence-electron chi connectivity index (χ0n) is 20.4. The van der Waals surface area contributed by atoms with E-state index in [-0.39, 0.29) is 17.7 Å². The van der Waals surface area contributed by atoms with Gasteiger partial charge in [-0.1, -0.05) is 12.1 Å². The fourth-order valence-corrected chi connectivity index (χ4v) is 6.58. The second kappa shape index (κ2) is 11.2. The molecule has 2 saturated carbocycles. The van der Waals surface area contributed by atoms with Crippen molar-refractivity contribution in [1.29, 1.82) is 0 Å². The maximum absolute atomic E-state index is 14.4. The van der Waals surface area contributed by atoms with Crippen LogP contribution in [-0.4, -0.2) is 34.1 Å². The lowest BCUT2D eigenvalue weighted by molar-refractivity contribution is 0.199. The van der Waals surface area contributed by atoms with Crippen LogP contribution in [0.25, 0.3) is 0 Å². The highest BCUT2D eigenvalue weighted by Gasteiger charge is 2.38. The van der Waals surface area contributed by atoms with E-state index in [0.29, 0.717) is 30.4 Å². The SMILES string of the molecule is COc1ccc(F)c([C@H]2CC[C@H](COc3cccc(C(CP(=O)(OC)OC)C4CC4)c3)CC2)c1. The summed E-state index contributed by atoms with van der Waals surface area (Å²) in [7, 11) is 1.43. The first-order valence-corrected chi connectivity index (χ1v) is 13.9. The summed E-state index contributed by atoms with van der Waals surface area (Å²) in [6.07, 6.45) is 6.59. The van der Waals surface area contributed by atoms with Crippen molar-refractivity contribution in [3.05, 3.63) is 59.4 Å². The monoisotopic (exact) mass is 490 g/mol. The smallest absolute Gasteiger partial charge is 0.330 e. The fraction of sp³-hybridized carbons (Fsp3) is 0.556. The van der Waals surface area contributed by atoms with E-state index in [9.17, 15) is 8.96 Å². The zero-order chi connectivity index (χ0) is 24.1. The standard InChI is InChI=1S/C27H36FO5P/c1-30-23-13-14-27(28)25(16-23)20-9-7-19(8-10-20)17-33-24-6-4-5-22(15-24)26(21-11-12-21)18-34(29,31-2)32-3/h4-6,13-16,19-21,26H,7-12,17-18H2,1-3H3/t19-,20-,26?. The van der Waals surface area contributed by atoms with Gasteiger partial charge in [-0.25, -0.2) is 4.39 Å². The number of ether oxygens (including phenoxy) is 2. The van der Waals surface area contributed by atoms with Gasteiger partial charge in [-0.3, -0.25) is 4.57 Å². The van der Waals surface area contributed by atoms with Gasteiger partial charge in [-0.2, -0.15) is 0 Å². The molecular weight excluding hydrogens is 454 g/mol. The normalized spacial score (nSPS) is 21.8. The molecule has 0 N–H and O–H groups in total. The van der Waals surface area contributed by atoms with E-state index in [2.05, 4.69) is 12.1 Å². The van der Waals surface area contributed by atoms with Crippen LogP contribution in [0.5, 0.6) is 11.5 Å². The summed E-state index contributed by atoms with van der Waals surface area (Å²) in [4.78, 5) is 0. The Balaban J connectivity index is 1.33. The first-order chi connectivity index (χ1) is 16.4. The van der Waals surface area contributed by atoms with Crippen molar-refractivity contribution in [2.75, 3.05) is 34.1 Å². The number of benzene rings is 2. The summed E-state index contributed by atoms with van der Waals surface area (Å²) in [6.45, 7) is 0.652. The molecule has 2 aliphatic rings. The minimum Gasteiger partial charge on any atom is -0.497 e. The van der Waals surface area contributed by atoms with E-state index in [4.69, 9.17) is 18.5 Å². The van der Waals surface area contributed by atoms with Crippen molar-refractivity contribution in [1.82, 2.24) is 0 Å². The molecule has 0 heterocycles. The molecule has 0 saturated heterocycles. The van der Waals surface area contributed by atoms with Gasteiger partial charge in [0.1, 0.15) is 17.3 Å². The minimum absolute atomic E-state index is 0.141. The Morgan fingerprint density at radius 3 is 2.32 bits per heavy atom. The molecule has 0 aliphatic heterocycles. The summed E-state index contributed by atoms with van der Waals surface area (Å²) < 4.78 is 49.0. The zero-order valence-corrected chi connectivity index (χ0v) is 21.3. The van der Waals surface area contributed by atoms with Gasteiger partial charge in [0.05, 0.1) is 19.9 Å². The van der Waals surface area contributed by atoms with E-state index in [1.165, 1.54) is 20.3 Å². The Bertz CT molecular complexity index is 992. The second-order valence-corrected chi connectivity index (χ2v) is 11.9. The second-order valence-electron chi connectivity index (χ2n) is 9.59. The van der Waals surface area contributed by atoms with E-state index >= 15 is 0 Å². The number of halogens is 1. The minimum atomic E-state index is -3.08. The fourth-order valence-electron chi connectivity index (χ4n) is 5.14. The quantitative estimate of drug-likeness (QED) is 0.313. The molecule has 1 atom stereocenters. The van der Waals surface area contributed by atoms with Crippen LogP contribution in [0.1, 0.15) is 61.5 Å². The molecule has 0 aromatic heterocycles. The first kappa shape index (κ1) is 25.2. The highest BCUT2D eigenvalue weighted by Crippen LogP contribution is 2.55. The van der Waals surface area contributed by atoms with Crippen molar-refractivity contribution in [2.24, 2.45) is 11.8 Å². The van der Waals surface area contributed by atoms with E-state index < -0.39 is 7.60 Å². The van der Waals surface area contributed by atoms with E-state index in [1.54, 1.807) is 13.2 Å². The van der Waals surface area contributed by atoms with Gasteiger partial charge in [0.15, 0.2) is 0 Å². The van der Waals surface area contributed by atoms with Crippen LogP contribution in [0, 0.1) is 17.7 Å². The Morgan fingerprint density at radius 2 is 1.68 bits per heavy atom. The van der Waals surface area contributed by atoms with E-state index in [0.717, 1.165) is 55.4 Å². The van der Waals surface area contributed by atoms with Crippen molar-refractivity contribution >= 4 is 7.60 Å². The topological polar surface area (TPSA) is 54.0 Å². The van der Waals surface area contributed by atoms with Gasteiger partial charge in [0, 0.05) is 14.2 Å². The maximum Gasteiger partial charge on any atom is 0.330 e. The van der Waals surface area contributed by atoms with Crippen LogP contribution in [0.2, 0.25) is 0 Å². The largest absolute Gasteiger partial charge is 0.497 e. The van der Waals surface area contributed by atoms with Gasteiger partial charge in [0.25, 0.3) is 0 Å². The van der Waals surface area contributed by atoms with Gasteiger partial charge in [0.2, 0.25) is 0 Å².